The number of allylic oxidation sites excluding steroid dienone is 1. The maximum atomic E-state index is 12.1. The second kappa shape index (κ2) is 11.5. The van der Waals surface area contributed by atoms with Gasteiger partial charge in [0.25, 0.3) is 0 Å². The molecule has 0 saturated carbocycles. The van der Waals surface area contributed by atoms with E-state index in [-0.39, 0.29) is 5.91 Å². The maximum absolute atomic E-state index is 12.1. The fraction of sp³-hybridized carbons (Fsp3) is 0.818. The standard InChI is InChI=1S/C22H38N2O2/c1-2-19-8-10-20(11-9-19)17-24-21(26)7-3-4-12-22(13-5-6-16-25)14-15-23-18-22/h8,10,16,19-20,23H,2-7,9,11-15,17-18H2,1H3,(H,24,26). The molecule has 0 spiro atoms. The third-order valence-electron chi connectivity index (χ3n) is 6.37. The third kappa shape index (κ3) is 7.22. The largest absolute Gasteiger partial charge is 0.356 e. The van der Waals surface area contributed by atoms with Gasteiger partial charge >= 0.3 is 0 Å². The smallest absolute Gasteiger partial charge is 0.220 e. The number of nitrogens with one attached hydrogen (secondary N) is 2. The van der Waals surface area contributed by atoms with Crippen LogP contribution >= 0.6 is 0 Å². The van der Waals surface area contributed by atoms with Crippen molar-refractivity contribution in [2.24, 2.45) is 17.3 Å². The molecule has 3 atom stereocenters. The van der Waals surface area contributed by atoms with Crippen molar-refractivity contribution in [3.8, 4) is 0 Å². The highest BCUT2D eigenvalue weighted by Crippen LogP contribution is 2.36. The average Bonchev–Trinajstić information content (AvgIpc) is 3.13. The molecule has 3 unspecified atom stereocenters. The van der Waals surface area contributed by atoms with E-state index in [9.17, 15) is 9.59 Å². The number of hydrogen-bond acceptors (Lipinski definition) is 3. The van der Waals surface area contributed by atoms with Crippen LogP contribution in [0.2, 0.25) is 0 Å². The molecule has 1 aliphatic heterocycles. The van der Waals surface area contributed by atoms with E-state index in [1.54, 1.807) is 0 Å². The number of rotatable bonds is 12. The number of unbranched alkanes of at least 4 members (excludes halogenated alkanes) is 2. The molecule has 1 saturated heterocycles. The summed E-state index contributed by atoms with van der Waals surface area (Å²) >= 11 is 0. The van der Waals surface area contributed by atoms with Gasteiger partial charge in [-0.05, 0) is 75.2 Å². The fourth-order valence-corrected chi connectivity index (χ4v) is 4.47. The second-order valence-electron chi connectivity index (χ2n) is 8.39. The van der Waals surface area contributed by atoms with Crippen LogP contribution in [0.15, 0.2) is 12.2 Å². The van der Waals surface area contributed by atoms with E-state index >= 15 is 0 Å². The Kier molecular flexibility index (Phi) is 9.38. The highest BCUT2D eigenvalue weighted by Gasteiger charge is 2.32. The molecular formula is C22H38N2O2. The number of carbonyl (C=O) groups is 2. The third-order valence-corrected chi connectivity index (χ3v) is 6.37. The first-order valence-electron chi connectivity index (χ1n) is 10.8. The summed E-state index contributed by atoms with van der Waals surface area (Å²) < 4.78 is 0. The van der Waals surface area contributed by atoms with Gasteiger partial charge in [-0.2, -0.15) is 0 Å². The zero-order chi connectivity index (χ0) is 18.7. The van der Waals surface area contributed by atoms with E-state index in [1.807, 2.05) is 0 Å². The van der Waals surface area contributed by atoms with Gasteiger partial charge in [-0.15, -0.1) is 0 Å². The monoisotopic (exact) mass is 362 g/mol. The Balaban J connectivity index is 1.58. The molecular weight excluding hydrogens is 324 g/mol. The van der Waals surface area contributed by atoms with Crippen LogP contribution in [-0.2, 0) is 9.59 Å². The van der Waals surface area contributed by atoms with Crippen molar-refractivity contribution >= 4 is 12.2 Å². The zero-order valence-electron chi connectivity index (χ0n) is 16.6. The lowest BCUT2D eigenvalue weighted by Crippen LogP contribution is -2.29. The topological polar surface area (TPSA) is 58.2 Å². The first-order valence-corrected chi connectivity index (χ1v) is 10.8. The summed E-state index contributed by atoms with van der Waals surface area (Å²) in [5, 5.41) is 6.60. The summed E-state index contributed by atoms with van der Waals surface area (Å²) in [6.45, 7) is 5.21. The first kappa shape index (κ1) is 21.1. The van der Waals surface area contributed by atoms with Crippen molar-refractivity contribution in [1.29, 1.82) is 0 Å². The summed E-state index contributed by atoms with van der Waals surface area (Å²) in [6.07, 6.45) is 17.3. The van der Waals surface area contributed by atoms with Crippen LogP contribution in [0, 0.1) is 17.3 Å². The molecule has 0 aromatic rings. The Morgan fingerprint density at radius 2 is 1.96 bits per heavy atom. The molecule has 4 nitrogen and oxygen atoms in total. The quantitative estimate of drug-likeness (QED) is 0.313. The van der Waals surface area contributed by atoms with Crippen molar-refractivity contribution in [1.82, 2.24) is 10.6 Å². The van der Waals surface area contributed by atoms with Crippen LogP contribution in [0.3, 0.4) is 0 Å². The van der Waals surface area contributed by atoms with E-state index in [0.29, 0.717) is 24.2 Å². The van der Waals surface area contributed by atoms with Crippen LogP contribution in [0.5, 0.6) is 0 Å². The van der Waals surface area contributed by atoms with Crippen LogP contribution in [-0.4, -0.2) is 31.8 Å². The highest BCUT2D eigenvalue weighted by molar-refractivity contribution is 5.75. The van der Waals surface area contributed by atoms with E-state index in [0.717, 1.165) is 57.5 Å². The zero-order valence-corrected chi connectivity index (χ0v) is 16.6. The van der Waals surface area contributed by atoms with Crippen LogP contribution in [0.25, 0.3) is 0 Å². The van der Waals surface area contributed by atoms with Gasteiger partial charge in [-0.1, -0.05) is 25.5 Å². The minimum Gasteiger partial charge on any atom is -0.356 e. The van der Waals surface area contributed by atoms with E-state index in [2.05, 4.69) is 29.7 Å². The maximum Gasteiger partial charge on any atom is 0.220 e. The number of amides is 1. The van der Waals surface area contributed by atoms with Crippen LogP contribution < -0.4 is 10.6 Å². The predicted octanol–water partition coefficient (Wildman–Crippen LogP) is 4.00. The highest BCUT2D eigenvalue weighted by atomic mass is 16.1. The molecule has 0 bridgehead atoms. The van der Waals surface area contributed by atoms with Crippen molar-refractivity contribution in [3.05, 3.63) is 12.2 Å². The molecule has 0 aromatic heterocycles. The number of carbonyl (C=O) groups excluding carboxylic acids is 2. The Morgan fingerprint density at radius 1 is 1.19 bits per heavy atom. The van der Waals surface area contributed by atoms with Crippen molar-refractivity contribution in [3.63, 3.8) is 0 Å². The molecule has 4 heteroatoms. The van der Waals surface area contributed by atoms with Crippen molar-refractivity contribution < 1.29 is 9.59 Å². The Hall–Kier alpha value is -1.16. The van der Waals surface area contributed by atoms with Crippen molar-refractivity contribution in [2.45, 2.75) is 77.6 Å². The summed E-state index contributed by atoms with van der Waals surface area (Å²) in [4.78, 5) is 22.7. The van der Waals surface area contributed by atoms with Crippen LogP contribution in [0.1, 0.15) is 77.6 Å². The number of hydrogen-bond donors (Lipinski definition) is 2. The lowest BCUT2D eigenvalue weighted by atomic mass is 9.77. The Morgan fingerprint density at radius 3 is 2.62 bits per heavy atom. The molecule has 2 N–H and O–H groups in total. The SMILES string of the molecule is CCC1C=CC(CNC(=O)CCCCC2(CCCC=O)CCNC2)CC1. The summed E-state index contributed by atoms with van der Waals surface area (Å²) in [7, 11) is 0. The van der Waals surface area contributed by atoms with Gasteiger partial charge in [0.1, 0.15) is 6.29 Å². The first-order chi connectivity index (χ1) is 12.7. The Labute approximate surface area is 159 Å². The molecule has 2 aliphatic rings. The van der Waals surface area contributed by atoms with Gasteiger partial charge < -0.3 is 15.4 Å². The molecule has 2 rings (SSSR count). The normalized spacial score (nSPS) is 28.2. The van der Waals surface area contributed by atoms with Gasteiger partial charge in [0.2, 0.25) is 5.91 Å². The summed E-state index contributed by atoms with van der Waals surface area (Å²) in [5.74, 6) is 1.47. The predicted molar refractivity (Wildman–Crippen MR) is 107 cm³/mol. The molecule has 1 fully saturated rings. The van der Waals surface area contributed by atoms with Gasteiger partial charge in [0, 0.05) is 25.9 Å². The van der Waals surface area contributed by atoms with Gasteiger partial charge in [0.15, 0.2) is 0 Å². The molecule has 0 radical (unpaired) electrons. The molecule has 1 amide bonds. The lowest BCUT2D eigenvalue weighted by Gasteiger charge is -2.28. The fourth-order valence-electron chi connectivity index (χ4n) is 4.47. The Bertz CT molecular complexity index is 455. The van der Waals surface area contributed by atoms with Crippen molar-refractivity contribution in [2.75, 3.05) is 19.6 Å². The molecule has 148 valence electrons. The van der Waals surface area contributed by atoms with Gasteiger partial charge in [-0.3, -0.25) is 4.79 Å². The molecule has 1 aliphatic carbocycles. The molecule has 0 aromatic carbocycles. The second-order valence-corrected chi connectivity index (χ2v) is 8.39. The van der Waals surface area contributed by atoms with Gasteiger partial charge in [-0.25, -0.2) is 0 Å². The summed E-state index contributed by atoms with van der Waals surface area (Å²) in [6, 6.07) is 0. The van der Waals surface area contributed by atoms with E-state index < -0.39 is 0 Å². The molecule has 26 heavy (non-hydrogen) atoms. The van der Waals surface area contributed by atoms with E-state index in [1.165, 1.54) is 32.1 Å². The minimum atomic E-state index is 0.204. The van der Waals surface area contributed by atoms with Crippen LogP contribution in [0.4, 0.5) is 0 Å². The lowest BCUT2D eigenvalue weighted by molar-refractivity contribution is -0.121. The van der Waals surface area contributed by atoms with Gasteiger partial charge in [0.05, 0.1) is 0 Å². The van der Waals surface area contributed by atoms with E-state index in [4.69, 9.17) is 0 Å². The molecule has 1 heterocycles. The average molecular weight is 363 g/mol. The summed E-state index contributed by atoms with van der Waals surface area (Å²) in [5.41, 5.74) is 0.363. The number of aldehydes is 1. The minimum absolute atomic E-state index is 0.204.